The smallest absolute Gasteiger partial charge is 0.410 e. The molecule has 0 aliphatic carbocycles. The molecule has 0 atom stereocenters. The Balaban J connectivity index is 1.30. The second kappa shape index (κ2) is 8.48. The Morgan fingerprint density at radius 3 is 2.62 bits per heavy atom. The molecule has 0 unspecified atom stereocenters. The number of oxime groups is 1. The van der Waals surface area contributed by atoms with Crippen molar-refractivity contribution in [1.29, 1.82) is 0 Å². The molecule has 1 aromatic heterocycles. The van der Waals surface area contributed by atoms with Gasteiger partial charge in [0.15, 0.2) is 0 Å². The largest absolute Gasteiger partial charge is 0.445 e. The predicted molar refractivity (Wildman–Crippen MR) is 112 cm³/mol. The van der Waals surface area contributed by atoms with Gasteiger partial charge < -0.3 is 19.4 Å². The first-order valence-electron chi connectivity index (χ1n) is 9.38. The summed E-state index contributed by atoms with van der Waals surface area (Å²) in [5.41, 5.74) is 2.06. The molecule has 0 saturated carbocycles. The molecule has 1 fully saturated rings. The number of carbonyl (C=O) groups is 2. The first kappa shape index (κ1) is 19.2. The third-order valence-electron chi connectivity index (χ3n) is 4.83. The lowest BCUT2D eigenvalue weighted by Crippen LogP contribution is -2.48. The van der Waals surface area contributed by atoms with Crippen molar-refractivity contribution in [3.8, 4) is 0 Å². The number of rotatable bonds is 4. The van der Waals surface area contributed by atoms with E-state index in [0.717, 1.165) is 28.5 Å². The lowest BCUT2D eigenvalue weighted by Gasteiger charge is -2.34. The summed E-state index contributed by atoms with van der Waals surface area (Å²) in [7, 11) is 0. The van der Waals surface area contributed by atoms with E-state index >= 15 is 0 Å². The van der Waals surface area contributed by atoms with Gasteiger partial charge >= 0.3 is 12.1 Å². The normalized spacial score (nSPS) is 18.0. The molecular formula is C21H21N3O4S. The van der Waals surface area contributed by atoms with Gasteiger partial charge in [0.2, 0.25) is 0 Å². The Kier molecular flexibility index (Phi) is 5.62. The number of nitrogens with zero attached hydrogens (tertiary/aromatic N) is 3. The maximum atomic E-state index is 12.3. The van der Waals surface area contributed by atoms with Gasteiger partial charge in [-0.3, -0.25) is 0 Å². The Morgan fingerprint density at radius 1 is 1.17 bits per heavy atom. The first-order chi connectivity index (χ1) is 14.1. The van der Waals surface area contributed by atoms with Crippen LogP contribution in [0.4, 0.5) is 9.80 Å². The summed E-state index contributed by atoms with van der Waals surface area (Å²) in [6.07, 6.45) is 1.53. The number of hydrogen-bond donors (Lipinski definition) is 0. The maximum Gasteiger partial charge on any atom is 0.410 e. The maximum absolute atomic E-state index is 12.3. The fourth-order valence-electron chi connectivity index (χ4n) is 3.17. The van der Waals surface area contributed by atoms with Crippen LogP contribution >= 0.6 is 11.3 Å². The number of benzene rings is 1. The molecule has 0 radical (unpaired) electrons. The van der Waals surface area contributed by atoms with Gasteiger partial charge in [0.05, 0.1) is 16.3 Å². The highest BCUT2D eigenvalue weighted by atomic mass is 32.1. The van der Waals surface area contributed by atoms with Crippen molar-refractivity contribution in [2.75, 3.05) is 31.1 Å². The molecule has 8 heteroatoms. The Morgan fingerprint density at radius 2 is 1.93 bits per heavy atom. The number of carbonyl (C=O) groups excluding carboxylic acids is 2. The number of piperazine rings is 1. The van der Waals surface area contributed by atoms with Gasteiger partial charge in [-0.25, -0.2) is 9.59 Å². The van der Waals surface area contributed by atoms with E-state index in [0.29, 0.717) is 24.4 Å². The molecule has 1 amide bonds. The van der Waals surface area contributed by atoms with Crippen LogP contribution in [0.1, 0.15) is 17.4 Å². The van der Waals surface area contributed by atoms with E-state index in [1.807, 2.05) is 42.5 Å². The monoisotopic (exact) mass is 411 g/mol. The molecule has 1 aromatic carbocycles. The van der Waals surface area contributed by atoms with Crippen LogP contribution < -0.4 is 4.90 Å². The highest BCUT2D eigenvalue weighted by Crippen LogP contribution is 2.29. The van der Waals surface area contributed by atoms with Crippen molar-refractivity contribution < 1.29 is 19.2 Å². The molecule has 4 rings (SSSR count). The van der Waals surface area contributed by atoms with Crippen LogP contribution in [0.15, 0.2) is 53.2 Å². The SMILES string of the molecule is CC1=NOC(=O)/C1=C\c1ccc(N2CCN(C(=O)OCc3ccccc3)CC2)s1. The van der Waals surface area contributed by atoms with Gasteiger partial charge in [0, 0.05) is 31.1 Å². The summed E-state index contributed by atoms with van der Waals surface area (Å²) in [5, 5.41) is 4.80. The third-order valence-corrected chi connectivity index (χ3v) is 5.92. The van der Waals surface area contributed by atoms with Crippen LogP contribution in [0, 0.1) is 0 Å². The molecule has 2 aliphatic heterocycles. The highest BCUT2D eigenvalue weighted by molar-refractivity contribution is 7.17. The third kappa shape index (κ3) is 4.48. The summed E-state index contributed by atoms with van der Waals surface area (Å²) < 4.78 is 5.42. The molecule has 7 nitrogen and oxygen atoms in total. The van der Waals surface area contributed by atoms with E-state index in [4.69, 9.17) is 4.74 Å². The molecule has 2 aromatic rings. The van der Waals surface area contributed by atoms with E-state index in [1.165, 1.54) is 0 Å². The highest BCUT2D eigenvalue weighted by Gasteiger charge is 2.24. The van der Waals surface area contributed by atoms with Crippen LogP contribution in [-0.4, -0.2) is 48.9 Å². The summed E-state index contributed by atoms with van der Waals surface area (Å²) in [6, 6.07) is 13.7. The number of amides is 1. The minimum Gasteiger partial charge on any atom is -0.445 e. The number of anilines is 1. The zero-order valence-corrected chi connectivity index (χ0v) is 16.9. The van der Waals surface area contributed by atoms with Gasteiger partial charge in [0.1, 0.15) is 6.61 Å². The minimum atomic E-state index is -0.417. The standard InChI is InChI=1S/C21H21N3O4S/c1-15-18(20(25)28-22-15)13-17-7-8-19(29-17)23-9-11-24(12-10-23)21(26)27-14-16-5-3-2-4-6-16/h2-8,13H,9-12,14H2,1H3/b18-13-. The Hall–Kier alpha value is -3.13. The van der Waals surface area contributed by atoms with Crippen molar-refractivity contribution in [3.05, 3.63) is 58.5 Å². The van der Waals surface area contributed by atoms with Gasteiger partial charge in [-0.2, -0.15) is 0 Å². The average molecular weight is 411 g/mol. The lowest BCUT2D eigenvalue weighted by molar-refractivity contribution is -0.136. The second-order valence-corrected chi connectivity index (χ2v) is 7.90. The molecule has 150 valence electrons. The van der Waals surface area contributed by atoms with Crippen molar-refractivity contribution in [1.82, 2.24) is 4.90 Å². The summed E-state index contributed by atoms with van der Waals surface area (Å²) in [5.74, 6) is -0.417. The Bertz CT molecular complexity index is 959. The van der Waals surface area contributed by atoms with Crippen LogP contribution in [-0.2, 0) is 21.0 Å². The van der Waals surface area contributed by atoms with Crippen molar-refractivity contribution in [2.45, 2.75) is 13.5 Å². The van der Waals surface area contributed by atoms with Gasteiger partial charge in [-0.05, 0) is 30.7 Å². The van der Waals surface area contributed by atoms with Crippen LogP contribution in [0.2, 0.25) is 0 Å². The van der Waals surface area contributed by atoms with Gasteiger partial charge in [0.25, 0.3) is 0 Å². The van der Waals surface area contributed by atoms with Crippen LogP contribution in [0.3, 0.4) is 0 Å². The summed E-state index contributed by atoms with van der Waals surface area (Å²) in [6.45, 7) is 4.73. The zero-order chi connectivity index (χ0) is 20.2. The minimum absolute atomic E-state index is 0.278. The molecule has 1 saturated heterocycles. The van der Waals surface area contributed by atoms with E-state index in [-0.39, 0.29) is 12.7 Å². The average Bonchev–Trinajstić information content (AvgIpc) is 3.35. The van der Waals surface area contributed by atoms with E-state index in [2.05, 4.69) is 14.9 Å². The summed E-state index contributed by atoms with van der Waals surface area (Å²) >= 11 is 1.60. The predicted octanol–water partition coefficient (Wildman–Crippen LogP) is 3.52. The van der Waals surface area contributed by atoms with E-state index < -0.39 is 5.97 Å². The summed E-state index contributed by atoms with van der Waals surface area (Å²) in [4.78, 5) is 33.6. The molecule has 3 heterocycles. The van der Waals surface area contributed by atoms with Crippen LogP contribution in [0.5, 0.6) is 0 Å². The van der Waals surface area contributed by atoms with Crippen molar-refractivity contribution >= 4 is 40.2 Å². The second-order valence-electron chi connectivity index (χ2n) is 6.80. The molecule has 29 heavy (non-hydrogen) atoms. The molecule has 0 bridgehead atoms. The Labute approximate surface area is 172 Å². The van der Waals surface area contributed by atoms with Crippen LogP contribution in [0.25, 0.3) is 6.08 Å². The first-order valence-corrected chi connectivity index (χ1v) is 10.2. The molecule has 0 N–H and O–H groups in total. The van der Waals surface area contributed by atoms with Crippen molar-refractivity contribution in [3.63, 3.8) is 0 Å². The van der Waals surface area contributed by atoms with Crippen molar-refractivity contribution in [2.24, 2.45) is 5.16 Å². The fraction of sp³-hybridized carbons (Fsp3) is 0.286. The number of thiophene rings is 1. The lowest BCUT2D eigenvalue weighted by atomic mass is 10.1. The topological polar surface area (TPSA) is 71.4 Å². The fourth-order valence-corrected chi connectivity index (χ4v) is 4.17. The zero-order valence-electron chi connectivity index (χ0n) is 16.0. The van der Waals surface area contributed by atoms with E-state index in [1.54, 1.807) is 29.2 Å². The molecule has 2 aliphatic rings. The number of hydrogen-bond acceptors (Lipinski definition) is 7. The molecule has 0 spiro atoms. The molecular weight excluding hydrogens is 390 g/mol. The quantitative estimate of drug-likeness (QED) is 0.569. The number of ether oxygens (including phenoxy) is 1. The van der Waals surface area contributed by atoms with Gasteiger partial charge in [-0.15, -0.1) is 11.3 Å². The van der Waals surface area contributed by atoms with Gasteiger partial charge in [-0.1, -0.05) is 35.5 Å². The van der Waals surface area contributed by atoms with E-state index in [9.17, 15) is 9.59 Å².